The number of pyridine rings is 1. The van der Waals surface area contributed by atoms with Crippen LogP contribution >= 0.6 is 11.6 Å². The van der Waals surface area contributed by atoms with Gasteiger partial charge in [0, 0.05) is 49.0 Å². The summed E-state index contributed by atoms with van der Waals surface area (Å²) in [5.74, 6) is 1.44. The molecule has 7 heteroatoms. The molecule has 0 saturated carbocycles. The van der Waals surface area contributed by atoms with Crippen LogP contribution in [0.5, 0.6) is 5.88 Å². The molecule has 0 spiro atoms. The molecule has 0 amide bonds. The van der Waals surface area contributed by atoms with Crippen LogP contribution in [0, 0.1) is 6.92 Å². The maximum atomic E-state index is 6.16. The van der Waals surface area contributed by atoms with Gasteiger partial charge in [-0.3, -0.25) is 0 Å². The Labute approximate surface area is 176 Å². The summed E-state index contributed by atoms with van der Waals surface area (Å²) in [6.45, 7) is 8.51. The van der Waals surface area contributed by atoms with Crippen LogP contribution in [0.2, 0.25) is 5.02 Å². The molecule has 3 heterocycles. The number of benzene rings is 1. The maximum absolute atomic E-state index is 6.16. The Morgan fingerprint density at radius 2 is 1.97 bits per heavy atom. The Morgan fingerprint density at radius 1 is 1.14 bits per heavy atom. The van der Waals surface area contributed by atoms with Gasteiger partial charge >= 0.3 is 0 Å². The smallest absolute Gasteiger partial charge is 0.213 e. The van der Waals surface area contributed by atoms with E-state index in [1.54, 1.807) is 6.20 Å². The average Bonchev–Trinajstić information content (AvgIpc) is 3.14. The number of H-pyrrole nitrogens is 1. The molecule has 154 valence electrons. The minimum atomic E-state index is 0.636. The van der Waals surface area contributed by atoms with Crippen molar-refractivity contribution in [2.75, 3.05) is 46.4 Å². The number of unbranched alkanes of at least 4 members (excludes halogenated alkanes) is 1. The van der Waals surface area contributed by atoms with Crippen LogP contribution in [0.1, 0.15) is 18.4 Å². The Kier molecular flexibility index (Phi) is 6.33. The van der Waals surface area contributed by atoms with Gasteiger partial charge in [-0.15, -0.1) is 0 Å². The minimum Gasteiger partial charge on any atom is -0.478 e. The number of aromatic amines is 1. The van der Waals surface area contributed by atoms with Gasteiger partial charge in [0.1, 0.15) is 5.82 Å². The number of aryl methyl sites for hydroxylation is 1. The van der Waals surface area contributed by atoms with Gasteiger partial charge in [-0.1, -0.05) is 11.6 Å². The van der Waals surface area contributed by atoms with E-state index in [0.717, 1.165) is 47.4 Å². The molecule has 1 N–H and O–H groups in total. The van der Waals surface area contributed by atoms with E-state index in [4.69, 9.17) is 21.3 Å². The molecule has 4 rings (SSSR count). The van der Waals surface area contributed by atoms with Gasteiger partial charge in [0.25, 0.3) is 0 Å². The van der Waals surface area contributed by atoms with Crippen LogP contribution in [-0.4, -0.2) is 71.1 Å². The molecule has 29 heavy (non-hydrogen) atoms. The second-order valence-electron chi connectivity index (χ2n) is 7.79. The number of hydrogen-bond donors (Lipinski definition) is 1. The Morgan fingerprint density at radius 3 is 2.79 bits per heavy atom. The van der Waals surface area contributed by atoms with Crippen molar-refractivity contribution in [3.05, 3.63) is 41.0 Å². The van der Waals surface area contributed by atoms with Gasteiger partial charge in [-0.05, 0) is 57.1 Å². The van der Waals surface area contributed by atoms with E-state index in [1.807, 2.05) is 31.2 Å². The van der Waals surface area contributed by atoms with E-state index >= 15 is 0 Å². The van der Waals surface area contributed by atoms with Gasteiger partial charge in [0.05, 0.1) is 17.6 Å². The zero-order chi connectivity index (χ0) is 20.2. The number of likely N-dealkylation sites (N-methyl/N-ethyl adjacent to an activating group) is 1. The quantitative estimate of drug-likeness (QED) is 0.593. The molecule has 1 aliphatic rings. The normalized spacial score (nSPS) is 15.8. The maximum Gasteiger partial charge on any atom is 0.213 e. The predicted molar refractivity (Wildman–Crippen MR) is 118 cm³/mol. The fourth-order valence-corrected chi connectivity index (χ4v) is 3.98. The highest BCUT2D eigenvalue weighted by Gasteiger charge is 2.13. The molecular weight excluding hydrogens is 386 g/mol. The summed E-state index contributed by atoms with van der Waals surface area (Å²) in [6.07, 6.45) is 3.94. The molecule has 0 atom stereocenters. The van der Waals surface area contributed by atoms with Crippen molar-refractivity contribution in [2.45, 2.75) is 19.8 Å². The van der Waals surface area contributed by atoms with Crippen molar-refractivity contribution in [2.24, 2.45) is 0 Å². The van der Waals surface area contributed by atoms with E-state index in [2.05, 4.69) is 26.8 Å². The number of rotatable bonds is 7. The number of hydrogen-bond acceptors (Lipinski definition) is 5. The van der Waals surface area contributed by atoms with E-state index in [-0.39, 0.29) is 0 Å². The number of imidazole rings is 1. The van der Waals surface area contributed by atoms with Crippen molar-refractivity contribution in [1.82, 2.24) is 24.8 Å². The Balaban J connectivity index is 1.31. The summed E-state index contributed by atoms with van der Waals surface area (Å²) in [5.41, 5.74) is 3.89. The third-order valence-corrected chi connectivity index (χ3v) is 5.68. The molecule has 1 aliphatic heterocycles. The lowest BCUT2D eigenvalue weighted by molar-refractivity contribution is 0.149. The van der Waals surface area contributed by atoms with Crippen molar-refractivity contribution in [3.63, 3.8) is 0 Å². The number of ether oxygens (including phenoxy) is 1. The first-order chi connectivity index (χ1) is 14.1. The summed E-state index contributed by atoms with van der Waals surface area (Å²) in [6, 6.07) is 7.71. The van der Waals surface area contributed by atoms with Crippen LogP contribution in [0.4, 0.5) is 0 Å². The van der Waals surface area contributed by atoms with Gasteiger partial charge in [-0.25, -0.2) is 9.97 Å². The van der Waals surface area contributed by atoms with Gasteiger partial charge in [0.2, 0.25) is 5.88 Å². The molecule has 1 saturated heterocycles. The number of aromatic nitrogens is 3. The summed E-state index contributed by atoms with van der Waals surface area (Å²) in [4.78, 5) is 17.3. The van der Waals surface area contributed by atoms with Gasteiger partial charge in [0.15, 0.2) is 0 Å². The van der Waals surface area contributed by atoms with E-state index in [1.165, 1.54) is 26.2 Å². The minimum absolute atomic E-state index is 0.636. The molecule has 2 aromatic heterocycles. The SMILES string of the molecule is Cc1cc(Cl)cc2[nH]c(-c3ccnc(OCCCCN4CCN(C)CC4)c3)nc12. The summed E-state index contributed by atoms with van der Waals surface area (Å²) < 4.78 is 5.89. The standard InChI is InChI=1S/C22H28ClN5O/c1-16-13-18(23)15-19-21(16)26-22(25-19)17-5-6-24-20(14-17)29-12-4-3-7-28-10-8-27(2)9-11-28/h5-6,13-15H,3-4,7-12H2,1-2H3,(H,25,26). The summed E-state index contributed by atoms with van der Waals surface area (Å²) in [5, 5.41) is 0.709. The van der Waals surface area contributed by atoms with Crippen LogP contribution < -0.4 is 4.74 Å². The highest BCUT2D eigenvalue weighted by Crippen LogP contribution is 2.26. The molecule has 1 aromatic carbocycles. The van der Waals surface area contributed by atoms with Crippen molar-refractivity contribution in [3.8, 4) is 17.3 Å². The monoisotopic (exact) mass is 413 g/mol. The highest BCUT2D eigenvalue weighted by molar-refractivity contribution is 6.31. The average molecular weight is 414 g/mol. The number of halogens is 1. The summed E-state index contributed by atoms with van der Waals surface area (Å²) >= 11 is 6.16. The van der Waals surface area contributed by atoms with Crippen LogP contribution in [0.3, 0.4) is 0 Å². The second kappa shape index (κ2) is 9.11. The molecule has 1 fully saturated rings. The molecule has 0 aliphatic carbocycles. The third-order valence-electron chi connectivity index (χ3n) is 5.46. The lowest BCUT2D eigenvalue weighted by Gasteiger charge is -2.32. The van der Waals surface area contributed by atoms with Crippen LogP contribution in [0.15, 0.2) is 30.5 Å². The van der Waals surface area contributed by atoms with Crippen LogP contribution in [-0.2, 0) is 0 Å². The van der Waals surface area contributed by atoms with E-state index in [9.17, 15) is 0 Å². The zero-order valence-corrected chi connectivity index (χ0v) is 17.9. The lowest BCUT2D eigenvalue weighted by Crippen LogP contribution is -2.44. The molecule has 3 aromatic rings. The third kappa shape index (κ3) is 5.07. The van der Waals surface area contributed by atoms with Crippen molar-refractivity contribution < 1.29 is 4.74 Å². The second-order valence-corrected chi connectivity index (χ2v) is 8.22. The Hall–Kier alpha value is -2.15. The van der Waals surface area contributed by atoms with E-state index < -0.39 is 0 Å². The first-order valence-electron chi connectivity index (χ1n) is 10.2. The topological polar surface area (TPSA) is 57.3 Å². The first kappa shape index (κ1) is 20.1. The molecule has 0 bridgehead atoms. The van der Waals surface area contributed by atoms with Crippen LogP contribution in [0.25, 0.3) is 22.4 Å². The zero-order valence-electron chi connectivity index (χ0n) is 17.1. The summed E-state index contributed by atoms with van der Waals surface area (Å²) in [7, 11) is 2.19. The highest BCUT2D eigenvalue weighted by atomic mass is 35.5. The van der Waals surface area contributed by atoms with Gasteiger partial charge in [-0.2, -0.15) is 0 Å². The number of nitrogens with one attached hydrogen (secondary N) is 1. The predicted octanol–water partition coefficient (Wildman–Crippen LogP) is 3.99. The molecule has 0 unspecified atom stereocenters. The fraction of sp³-hybridized carbons (Fsp3) is 0.455. The van der Waals surface area contributed by atoms with Crippen molar-refractivity contribution in [1.29, 1.82) is 0 Å². The molecular formula is C22H28ClN5O. The Bertz CT molecular complexity index is 965. The number of fused-ring (bicyclic) bond motifs is 1. The lowest BCUT2D eigenvalue weighted by atomic mass is 10.2. The number of piperazine rings is 1. The number of nitrogens with zero attached hydrogens (tertiary/aromatic N) is 4. The fourth-order valence-electron chi connectivity index (χ4n) is 3.70. The molecule has 6 nitrogen and oxygen atoms in total. The van der Waals surface area contributed by atoms with Crippen molar-refractivity contribution >= 4 is 22.6 Å². The first-order valence-corrected chi connectivity index (χ1v) is 10.6. The molecule has 0 radical (unpaired) electrons. The largest absolute Gasteiger partial charge is 0.478 e. The van der Waals surface area contributed by atoms with Gasteiger partial charge < -0.3 is 19.5 Å². The van der Waals surface area contributed by atoms with E-state index in [0.29, 0.717) is 17.5 Å².